The lowest BCUT2D eigenvalue weighted by Gasteiger charge is -2.11. The molecule has 0 aromatic heterocycles. The lowest BCUT2D eigenvalue weighted by atomic mass is 10.1. The molecule has 0 saturated carbocycles. The van der Waals surface area contributed by atoms with Crippen LogP contribution < -0.4 is 20.8 Å². The van der Waals surface area contributed by atoms with Crippen LogP contribution >= 0.6 is 15.9 Å². The van der Waals surface area contributed by atoms with E-state index in [1.165, 1.54) is 12.3 Å². The third kappa shape index (κ3) is 7.37. The van der Waals surface area contributed by atoms with Gasteiger partial charge in [0, 0.05) is 15.7 Å². The minimum Gasteiger partial charge on any atom is -0.488 e. The molecule has 0 fully saturated rings. The zero-order chi connectivity index (χ0) is 26.7. The molecule has 0 unspecified atom stereocenters. The molecule has 0 aliphatic heterocycles. The molecule has 0 aliphatic carbocycles. The van der Waals surface area contributed by atoms with Crippen LogP contribution in [0, 0.1) is 0 Å². The Morgan fingerprint density at radius 3 is 2.24 bits per heavy atom. The van der Waals surface area contributed by atoms with Crippen LogP contribution in [-0.4, -0.2) is 23.9 Å². The fourth-order valence-corrected chi connectivity index (χ4v) is 3.63. The number of halogens is 1. The topological polar surface area (TPSA) is 109 Å². The van der Waals surface area contributed by atoms with E-state index in [0.29, 0.717) is 23.6 Å². The molecule has 3 amide bonds. The molecule has 0 atom stereocenters. The van der Waals surface area contributed by atoms with Crippen LogP contribution in [-0.2, 0) is 16.2 Å². The molecule has 0 radical (unpaired) electrons. The van der Waals surface area contributed by atoms with Gasteiger partial charge in [0.15, 0.2) is 0 Å². The number of amides is 3. The summed E-state index contributed by atoms with van der Waals surface area (Å²) >= 11 is 3.34. The van der Waals surface area contributed by atoms with Gasteiger partial charge in [0.25, 0.3) is 5.91 Å². The molecule has 8 nitrogen and oxygen atoms in total. The Morgan fingerprint density at radius 1 is 0.763 bits per heavy atom. The van der Waals surface area contributed by atoms with Gasteiger partial charge >= 0.3 is 11.8 Å². The first-order valence-electron chi connectivity index (χ1n) is 11.6. The molecule has 9 heteroatoms. The maximum absolute atomic E-state index is 12.8. The smallest absolute Gasteiger partial charge is 0.329 e. The number of ether oxygens (including phenoxy) is 1. The van der Waals surface area contributed by atoms with Crippen molar-refractivity contribution in [1.82, 2.24) is 5.43 Å². The standard InChI is InChI=1S/C29H23BrN4O4/c30-22-14-16-23(17-15-22)32-27(35)24-11-5-6-12-25(24)33-28(36)29(37)34-31-18-21-10-4-7-13-26(21)38-19-20-8-2-1-3-9-20/h1-18H,19H2,(H,32,35)(H,33,36)(H,34,37). The average molecular weight is 571 g/mol. The van der Waals surface area contributed by atoms with E-state index in [9.17, 15) is 14.4 Å². The summed E-state index contributed by atoms with van der Waals surface area (Å²) in [6.07, 6.45) is 1.39. The van der Waals surface area contributed by atoms with Gasteiger partial charge in [-0.1, -0.05) is 70.5 Å². The average Bonchev–Trinajstić information content (AvgIpc) is 2.94. The third-order valence-corrected chi connectivity index (χ3v) is 5.78. The first kappa shape index (κ1) is 26.3. The number of nitrogens with zero attached hydrogens (tertiary/aromatic N) is 1. The molecule has 0 aliphatic rings. The number of carbonyl (C=O) groups is 3. The van der Waals surface area contributed by atoms with Crippen LogP contribution in [0.25, 0.3) is 0 Å². The summed E-state index contributed by atoms with van der Waals surface area (Å²) in [6.45, 7) is 0.370. The van der Waals surface area contributed by atoms with Crippen LogP contribution in [0.4, 0.5) is 11.4 Å². The monoisotopic (exact) mass is 570 g/mol. The van der Waals surface area contributed by atoms with E-state index >= 15 is 0 Å². The zero-order valence-electron chi connectivity index (χ0n) is 20.1. The molecule has 0 spiro atoms. The molecule has 4 aromatic rings. The third-order valence-electron chi connectivity index (χ3n) is 5.25. The first-order valence-corrected chi connectivity index (χ1v) is 12.3. The number of rotatable bonds is 8. The number of para-hydroxylation sites is 2. The van der Waals surface area contributed by atoms with Gasteiger partial charge in [-0.2, -0.15) is 5.10 Å². The number of hydrogen-bond acceptors (Lipinski definition) is 5. The van der Waals surface area contributed by atoms with E-state index < -0.39 is 17.7 Å². The van der Waals surface area contributed by atoms with Crippen molar-refractivity contribution >= 4 is 51.2 Å². The molecular formula is C29H23BrN4O4. The highest BCUT2D eigenvalue weighted by molar-refractivity contribution is 9.10. The Kier molecular flexibility index (Phi) is 8.98. The maximum Gasteiger partial charge on any atom is 0.329 e. The van der Waals surface area contributed by atoms with Crippen LogP contribution in [0.15, 0.2) is 113 Å². The van der Waals surface area contributed by atoms with Gasteiger partial charge < -0.3 is 15.4 Å². The van der Waals surface area contributed by atoms with Gasteiger partial charge in [0.1, 0.15) is 12.4 Å². The zero-order valence-corrected chi connectivity index (χ0v) is 21.6. The predicted octanol–water partition coefficient (Wildman–Crippen LogP) is 5.37. The molecule has 0 bridgehead atoms. The lowest BCUT2D eigenvalue weighted by molar-refractivity contribution is -0.136. The van der Waals surface area contributed by atoms with Crippen LogP contribution in [0.3, 0.4) is 0 Å². The summed E-state index contributed by atoms with van der Waals surface area (Å²) in [5.41, 5.74) is 4.80. The largest absolute Gasteiger partial charge is 0.488 e. The van der Waals surface area contributed by atoms with Crippen molar-refractivity contribution < 1.29 is 19.1 Å². The van der Waals surface area contributed by atoms with Crippen LogP contribution in [0.1, 0.15) is 21.5 Å². The minimum atomic E-state index is -0.993. The Bertz CT molecular complexity index is 1460. The molecule has 4 rings (SSSR count). The number of carbonyl (C=O) groups excluding carboxylic acids is 3. The highest BCUT2D eigenvalue weighted by atomic mass is 79.9. The van der Waals surface area contributed by atoms with Gasteiger partial charge in [0.05, 0.1) is 17.5 Å². The van der Waals surface area contributed by atoms with Crippen molar-refractivity contribution in [3.05, 3.63) is 124 Å². The summed E-state index contributed by atoms with van der Waals surface area (Å²) < 4.78 is 6.74. The predicted molar refractivity (Wildman–Crippen MR) is 150 cm³/mol. The van der Waals surface area contributed by atoms with E-state index in [1.807, 2.05) is 42.5 Å². The molecule has 0 heterocycles. The number of benzene rings is 4. The molecule has 4 aromatic carbocycles. The van der Waals surface area contributed by atoms with E-state index in [0.717, 1.165) is 10.0 Å². The summed E-state index contributed by atoms with van der Waals surface area (Å²) in [5, 5.41) is 9.12. The van der Waals surface area contributed by atoms with E-state index in [-0.39, 0.29) is 11.3 Å². The molecule has 3 N–H and O–H groups in total. The second-order valence-electron chi connectivity index (χ2n) is 7.97. The van der Waals surface area contributed by atoms with Crippen molar-refractivity contribution in [2.45, 2.75) is 6.61 Å². The Hall–Kier alpha value is -4.76. The first-order chi connectivity index (χ1) is 18.5. The minimum absolute atomic E-state index is 0.186. The molecular weight excluding hydrogens is 548 g/mol. The van der Waals surface area contributed by atoms with Crippen LogP contribution in [0.2, 0.25) is 0 Å². The number of nitrogens with one attached hydrogen (secondary N) is 3. The second kappa shape index (κ2) is 13.0. The number of hydrazone groups is 1. The van der Waals surface area contributed by atoms with Gasteiger partial charge in [-0.25, -0.2) is 5.43 Å². The number of anilines is 2. The fourth-order valence-electron chi connectivity index (χ4n) is 3.37. The molecule has 190 valence electrons. The van der Waals surface area contributed by atoms with Crippen molar-refractivity contribution in [3.8, 4) is 5.75 Å². The van der Waals surface area contributed by atoms with Crippen molar-refractivity contribution in [3.63, 3.8) is 0 Å². The number of hydrogen-bond donors (Lipinski definition) is 3. The van der Waals surface area contributed by atoms with E-state index in [2.05, 4.69) is 37.1 Å². The van der Waals surface area contributed by atoms with Gasteiger partial charge in [-0.05, 0) is 54.1 Å². The van der Waals surface area contributed by atoms with Crippen molar-refractivity contribution in [2.75, 3.05) is 10.6 Å². The van der Waals surface area contributed by atoms with E-state index in [1.54, 1.807) is 54.6 Å². The Balaban J connectivity index is 1.35. The highest BCUT2D eigenvalue weighted by Crippen LogP contribution is 2.20. The van der Waals surface area contributed by atoms with Gasteiger partial charge in [0.2, 0.25) is 0 Å². The highest BCUT2D eigenvalue weighted by Gasteiger charge is 2.18. The van der Waals surface area contributed by atoms with Crippen molar-refractivity contribution in [1.29, 1.82) is 0 Å². The summed E-state index contributed by atoms with van der Waals surface area (Å²) in [4.78, 5) is 37.6. The maximum atomic E-state index is 12.8. The van der Waals surface area contributed by atoms with Crippen molar-refractivity contribution in [2.24, 2.45) is 5.10 Å². The summed E-state index contributed by atoms with van der Waals surface area (Å²) in [5.74, 6) is -1.83. The van der Waals surface area contributed by atoms with Gasteiger partial charge in [-0.15, -0.1) is 0 Å². The van der Waals surface area contributed by atoms with E-state index in [4.69, 9.17) is 4.74 Å². The lowest BCUT2D eigenvalue weighted by Crippen LogP contribution is -2.33. The second-order valence-corrected chi connectivity index (χ2v) is 8.89. The summed E-state index contributed by atoms with van der Waals surface area (Å²) in [7, 11) is 0. The van der Waals surface area contributed by atoms with Gasteiger partial charge in [-0.3, -0.25) is 14.4 Å². The molecule has 0 saturated heterocycles. The summed E-state index contributed by atoms with van der Waals surface area (Å²) in [6, 6.07) is 30.3. The van der Waals surface area contributed by atoms with Crippen LogP contribution in [0.5, 0.6) is 5.75 Å². The Labute approximate surface area is 227 Å². The molecule has 38 heavy (non-hydrogen) atoms. The Morgan fingerprint density at radius 2 is 1.45 bits per heavy atom. The SMILES string of the molecule is O=C(NN=Cc1ccccc1OCc1ccccc1)C(=O)Nc1ccccc1C(=O)Nc1ccc(Br)cc1. The quantitative estimate of drug-likeness (QED) is 0.150. The fraction of sp³-hybridized carbons (Fsp3) is 0.0345. The normalized spacial score (nSPS) is 10.6.